The quantitative estimate of drug-likeness (QED) is 0.782. The number of fused-ring (bicyclic) bond motifs is 1. The summed E-state index contributed by atoms with van der Waals surface area (Å²) >= 11 is 6.03. The van der Waals surface area contributed by atoms with Crippen LogP contribution in [0.4, 0.5) is 0 Å². The van der Waals surface area contributed by atoms with Crippen LogP contribution in [0, 0.1) is 11.8 Å². The van der Waals surface area contributed by atoms with Gasteiger partial charge < -0.3 is 4.57 Å². The van der Waals surface area contributed by atoms with Crippen LogP contribution in [0.1, 0.15) is 44.9 Å². The average molecular weight is 292 g/mol. The van der Waals surface area contributed by atoms with E-state index >= 15 is 0 Å². The number of aromatic nitrogens is 3. The van der Waals surface area contributed by atoms with E-state index in [9.17, 15) is 0 Å². The van der Waals surface area contributed by atoms with Gasteiger partial charge in [0.2, 0.25) is 0 Å². The van der Waals surface area contributed by atoms with Crippen molar-refractivity contribution in [3.63, 3.8) is 0 Å². The van der Waals surface area contributed by atoms with Gasteiger partial charge in [-0.2, -0.15) is 0 Å². The molecule has 0 bridgehead atoms. The normalized spacial score (nSPS) is 23.3. The minimum atomic E-state index is 0.456. The second-order valence-corrected chi connectivity index (χ2v) is 6.34. The highest BCUT2D eigenvalue weighted by molar-refractivity contribution is 6.16. The lowest BCUT2D eigenvalue weighted by atomic mass is 9.81. The van der Waals surface area contributed by atoms with Gasteiger partial charge in [-0.3, -0.25) is 0 Å². The molecule has 1 saturated carbocycles. The van der Waals surface area contributed by atoms with Gasteiger partial charge in [-0.05, 0) is 30.4 Å². The molecule has 1 aliphatic carbocycles. The van der Waals surface area contributed by atoms with Gasteiger partial charge in [-0.1, -0.05) is 32.6 Å². The van der Waals surface area contributed by atoms with E-state index in [1.165, 1.54) is 32.1 Å². The standard InChI is InChI=1S/C16H22ClN3/c1-12-4-6-13(7-5-12)8-10-20-15(11-17)19-14-3-2-9-18-16(14)20/h2-3,9,12-13H,4-8,10-11H2,1H3. The molecule has 3 rings (SSSR count). The lowest BCUT2D eigenvalue weighted by molar-refractivity contribution is 0.269. The van der Waals surface area contributed by atoms with Crippen molar-refractivity contribution in [1.29, 1.82) is 0 Å². The Morgan fingerprint density at radius 1 is 1.30 bits per heavy atom. The Balaban J connectivity index is 1.73. The Morgan fingerprint density at radius 3 is 2.85 bits per heavy atom. The van der Waals surface area contributed by atoms with Crippen molar-refractivity contribution in [2.75, 3.05) is 0 Å². The summed E-state index contributed by atoms with van der Waals surface area (Å²) in [6.45, 7) is 3.36. The maximum Gasteiger partial charge on any atom is 0.160 e. The fourth-order valence-corrected chi connectivity index (χ4v) is 3.48. The molecule has 1 aliphatic rings. The maximum atomic E-state index is 6.03. The van der Waals surface area contributed by atoms with E-state index in [1.54, 1.807) is 0 Å². The number of imidazole rings is 1. The van der Waals surface area contributed by atoms with Gasteiger partial charge in [0.25, 0.3) is 0 Å². The van der Waals surface area contributed by atoms with E-state index in [1.807, 2.05) is 18.3 Å². The highest BCUT2D eigenvalue weighted by Gasteiger charge is 2.19. The predicted molar refractivity (Wildman–Crippen MR) is 82.8 cm³/mol. The smallest absolute Gasteiger partial charge is 0.160 e. The van der Waals surface area contributed by atoms with Crippen molar-refractivity contribution in [2.24, 2.45) is 11.8 Å². The van der Waals surface area contributed by atoms with Gasteiger partial charge >= 0.3 is 0 Å². The first-order chi connectivity index (χ1) is 9.78. The molecule has 2 heterocycles. The van der Waals surface area contributed by atoms with Gasteiger partial charge in [-0.15, -0.1) is 11.6 Å². The first kappa shape index (κ1) is 13.9. The number of hydrogen-bond donors (Lipinski definition) is 0. The molecule has 0 aromatic carbocycles. The van der Waals surface area contributed by atoms with Crippen molar-refractivity contribution in [2.45, 2.75) is 51.5 Å². The minimum Gasteiger partial charge on any atom is -0.312 e. The van der Waals surface area contributed by atoms with Crippen LogP contribution in [0.3, 0.4) is 0 Å². The largest absolute Gasteiger partial charge is 0.312 e. The molecule has 108 valence electrons. The van der Waals surface area contributed by atoms with E-state index in [4.69, 9.17) is 11.6 Å². The zero-order chi connectivity index (χ0) is 13.9. The summed E-state index contributed by atoms with van der Waals surface area (Å²) in [6.07, 6.45) is 8.57. The van der Waals surface area contributed by atoms with Crippen LogP contribution >= 0.6 is 11.6 Å². The molecule has 4 heteroatoms. The first-order valence-electron chi connectivity index (χ1n) is 7.64. The van der Waals surface area contributed by atoms with Crippen molar-refractivity contribution in [1.82, 2.24) is 14.5 Å². The topological polar surface area (TPSA) is 30.7 Å². The lowest BCUT2D eigenvalue weighted by Crippen LogP contribution is -2.15. The van der Waals surface area contributed by atoms with Crippen LogP contribution in [0.5, 0.6) is 0 Å². The van der Waals surface area contributed by atoms with Crippen molar-refractivity contribution in [3.8, 4) is 0 Å². The first-order valence-corrected chi connectivity index (χ1v) is 8.17. The second-order valence-electron chi connectivity index (χ2n) is 6.07. The Hall–Kier alpha value is -1.09. The second kappa shape index (κ2) is 6.13. The molecular formula is C16H22ClN3. The maximum absolute atomic E-state index is 6.03. The number of rotatable bonds is 4. The number of halogens is 1. The Morgan fingerprint density at radius 2 is 2.10 bits per heavy atom. The third-order valence-electron chi connectivity index (χ3n) is 4.60. The van der Waals surface area contributed by atoms with Gasteiger partial charge in [0, 0.05) is 12.7 Å². The highest BCUT2D eigenvalue weighted by Crippen LogP contribution is 2.31. The van der Waals surface area contributed by atoms with Crippen molar-refractivity contribution < 1.29 is 0 Å². The number of alkyl halides is 1. The number of hydrogen-bond acceptors (Lipinski definition) is 2. The Labute approximate surface area is 125 Å². The molecular weight excluding hydrogens is 270 g/mol. The molecule has 0 N–H and O–H groups in total. The van der Waals surface area contributed by atoms with E-state index in [-0.39, 0.29) is 0 Å². The SMILES string of the molecule is CC1CCC(CCn2c(CCl)nc3cccnc32)CC1. The summed E-state index contributed by atoms with van der Waals surface area (Å²) in [4.78, 5) is 9.04. The molecule has 0 saturated heterocycles. The zero-order valence-electron chi connectivity index (χ0n) is 12.1. The predicted octanol–water partition coefficient (Wildman–Crippen LogP) is 4.39. The molecule has 0 atom stereocenters. The number of nitrogens with zero attached hydrogens (tertiary/aromatic N) is 3. The third kappa shape index (κ3) is 2.83. The fourth-order valence-electron chi connectivity index (χ4n) is 3.27. The van der Waals surface area contributed by atoms with E-state index in [0.29, 0.717) is 5.88 Å². The molecule has 20 heavy (non-hydrogen) atoms. The third-order valence-corrected chi connectivity index (χ3v) is 4.84. The molecule has 0 unspecified atom stereocenters. The molecule has 0 spiro atoms. The van der Waals surface area contributed by atoms with E-state index < -0.39 is 0 Å². The average Bonchev–Trinajstić information content (AvgIpc) is 2.84. The monoisotopic (exact) mass is 291 g/mol. The molecule has 0 radical (unpaired) electrons. The van der Waals surface area contributed by atoms with Crippen molar-refractivity contribution in [3.05, 3.63) is 24.2 Å². The Kier molecular flexibility index (Phi) is 4.25. The lowest BCUT2D eigenvalue weighted by Gasteiger charge is -2.26. The van der Waals surface area contributed by atoms with Crippen LogP contribution in [-0.4, -0.2) is 14.5 Å². The molecule has 2 aromatic rings. The Bertz CT molecular complexity index is 570. The van der Waals surface area contributed by atoms with Crippen LogP contribution in [0.25, 0.3) is 11.2 Å². The summed E-state index contributed by atoms with van der Waals surface area (Å²) in [5.74, 6) is 3.18. The molecule has 3 nitrogen and oxygen atoms in total. The molecule has 0 aliphatic heterocycles. The van der Waals surface area contributed by atoms with Crippen molar-refractivity contribution >= 4 is 22.8 Å². The molecule has 2 aromatic heterocycles. The zero-order valence-corrected chi connectivity index (χ0v) is 12.8. The summed E-state index contributed by atoms with van der Waals surface area (Å²) in [5.41, 5.74) is 1.94. The van der Waals surface area contributed by atoms with Crippen LogP contribution in [0.15, 0.2) is 18.3 Å². The van der Waals surface area contributed by atoms with Crippen LogP contribution in [0.2, 0.25) is 0 Å². The van der Waals surface area contributed by atoms with E-state index in [2.05, 4.69) is 21.5 Å². The van der Waals surface area contributed by atoms with E-state index in [0.717, 1.165) is 35.4 Å². The van der Waals surface area contributed by atoms with Gasteiger partial charge in [0.1, 0.15) is 11.3 Å². The minimum absolute atomic E-state index is 0.456. The number of pyridine rings is 1. The summed E-state index contributed by atoms with van der Waals surface area (Å²) in [6, 6.07) is 3.94. The summed E-state index contributed by atoms with van der Waals surface area (Å²) in [5, 5.41) is 0. The number of aryl methyl sites for hydroxylation is 1. The van der Waals surface area contributed by atoms with Gasteiger partial charge in [-0.25, -0.2) is 9.97 Å². The van der Waals surface area contributed by atoms with Gasteiger partial charge in [0.05, 0.1) is 5.88 Å². The molecule has 1 fully saturated rings. The van der Waals surface area contributed by atoms with Crippen LogP contribution < -0.4 is 0 Å². The fraction of sp³-hybridized carbons (Fsp3) is 0.625. The molecule has 0 amide bonds. The van der Waals surface area contributed by atoms with Gasteiger partial charge in [0.15, 0.2) is 5.65 Å². The summed E-state index contributed by atoms with van der Waals surface area (Å²) < 4.78 is 2.21. The summed E-state index contributed by atoms with van der Waals surface area (Å²) in [7, 11) is 0. The highest BCUT2D eigenvalue weighted by atomic mass is 35.5. The van der Waals surface area contributed by atoms with Crippen LogP contribution in [-0.2, 0) is 12.4 Å².